The molecule has 0 aliphatic rings. The second-order valence-electron chi connectivity index (χ2n) is 7.62. The van der Waals surface area contributed by atoms with Gasteiger partial charge in [-0.2, -0.15) is 0 Å². The molecule has 11 heteroatoms. The van der Waals surface area contributed by atoms with Crippen LogP contribution in [0.2, 0.25) is 0 Å². The predicted octanol–water partition coefficient (Wildman–Crippen LogP) is 3.46. The fourth-order valence-corrected chi connectivity index (χ4v) is 5.16. The molecule has 1 N–H and O–H groups in total. The summed E-state index contributed by atoms with van der Waals surface area (Å²) in [6, 6.07) is 9.34. The Morgan fingerprint density at radius 2 is 1.60 bits per heavy atom. The highest BCUT2D eigenvalue weighted by Crippen LogP contribution is 2.48. The van der Waals surface area contributed by atoms with Gasteiger partial charge in [-0.1, -0.05) is 30.3 Å². The Hall–Kier alpha value is -2.68. The lowest BCUT2D eigenvalue weighted by Crippen LogP contribution is -2.43. The molecule has 0 heterocycles. The van der Waals surface area contributed by atoms with Gasteiger partial charge in [-0.3, -0.25) is 14.2 Å². The van der Waals surface area contributed by atoms with Crippen LogP contribution in [0.15, 0.2) is 39.9 Å². The van der Waals surface area contributed by atoms with Gasteiger partial charge in [0.25, 0.3) is 10.9 Å². The van der Waals surface area contributed by atoms with Crippen molar-refractivity contribution in [3.63, 3.8) is 0 Å². The third-order valence-corrected chi connectivity index (χ3v) is 7.21. The lowest BCUT2D eigenvalue weighted by molar-refractivity contribution is 0.139. The first kappa shape index (κ1) is 28.6. The Balaban J connectivity index is 1.93. The van der Waals surface area contributed by atoms with Gasteiger partial charge in [0.2, 0.25) is 0 Å². The van der Waals surface area contributed by atoms with Crippen LogP contribution in [0.4, 0.5) is 10.5 Å². The summed E-state index contributed by atoms with van der Waals surface area (Å²) in [7, 11) is -3.23. The normalized spacial score (nSPS) is 11.4. The Morgan fingerprint density at radius 1 is 0.943 bits per heavy atom. The average Bonchev–Trinajstić information content (AvgIpc) is 2.85. The number of amides is 1. The van der Waals surface area contributed by atoms with Crippen molar-refractivity contribution >= 4 is 19.4 Å². The van der Waals surface area contributed by atoms with E-state index >= 15 is 0 Å². The van der Waals surface area contributed by atoms with Crippen LogP contribution < -0.4 is 25.8 Å². The van der Waals surface area contributed by atoms with Crippen LogP contribution in [0.25, 0.3) is 0 Å². The molecule has 0 unspecified atom stereocenters. The number of carbonyl (C=O) groups excluding carboxylic acids is 1. The Bertz CT molecular complexity index is 1030. The van der Waals surface area contributed by atoms with Crippen LogP contribution >= 0.6 is 7.60 Å². The molecule has 0 aliphatic carbocycles. The largest absolute Gasteiger partial charge is 0.488 e. The minimum absolute atomic E-state index is 0.0468. The number of ether oxygens (including phenoxy) is 2. The molecule has 10 nitrogen and oxygen atoms in total. The van der Waals surface area contributed by atoms with Crippen molar-refractivity contribution in [1.29, 1.82) is 0 Å². The van der Waals surface area contributed by atoms with Crippen LogP contribution in [-0.4, -0.2) is 51.7 Å². The van der Waals surface area contributed by atoms with E-state index in [1.807, 2.05) is 30.3 Å². The molecule has 0 spiro atoms. The summed E-state index contributed by atoms with van der Waals surface area (Å²) in [4.78, 5) is 37.9. The first-order chi connectivity index (χ1) is 16.8. The van der Waals surface area contributed by atoms with Crippen LogP contribution in [0.1, 0.15) is 39.2 Å². The molecule has 0 saturated heterocycles. The zero-order valence-electron chi connectivity index (χ0n) is 20.6. The predicted molar refractivity (Wildman–Crippen MR) is 134 cm³/mol. The lowest BCUT2D eigenvalue weighted by atomic mass is 10.1. The molecule has 0 aromatic heterocycles. The first-order valence-electron chi connectivity index (χ1n) is 11.9. The molecule has 2 rings (SSSR count). The van der Waals surface area contributed by atoms with Crippen molar-refractivity contribution in [2.75, 3.05) is 50.5 Å². The zero-order valence-corrected chi connectivity index (χ0v) is 21.5. The SMILES string of the molecule is CCOc1c(N(CCCNC(=O)OCc2ccccc2)CCCP(=O)(OCC)OCC)c(=O)c1=O. The number of nitrogens with zero attached hydrogens (tertiary/aromatic N) is 1. The number of hydrogen-bond donors (Lipinski definition) is 1. The van der Waals surface area contributed by atoms with Crippen LogP contribution in [0.5, 0.6) is 5.75 Å². The number of anilines is 1. The van der Waals surface area contributed by atoms with Crippen molar-refractivity contribution in [2.45, 2.75) is 40.2 Å². The zero-order chi connectivity index (χ0) is 25.7. The quantitative estimate of drug-likeness (QED) is 0.194. The van der Waals surface area contributed by atoms with E-state index < -0.39 is 24.5 Å². The van der Waals surface area contributed by atoms with Crippen LogP contribution in [0.3, 0.4) is 0 Å². The smallest absolute Gasteiger partial charge is 0.407 e. The molecule has 0 fully saturated rings. The molecule has 194 valence electrons. The molecule has 0 bridgehead atoms. The molecule has 0 atom stereocenters. The Labute approximate surface area is 205 Å². The van der Waals surface area contributed by atoms with Gasteiger partial charge in [0, 0.05) is 19.6 Å². The maximum absolute atomic E-state index is 12.7. The molecule has 1 amide bonds. The summed E-state index contributed by atoms with van der Waals surface area (Å²) in [5.41, 5.74) is -0.162. The van der Waals surface area contributed by atoms with Gasteiger partial charge in [-0.05, 0) is 39.2 Å². The number of carbonyl (C=O) groups is 1. The average molecular weight is 511 g/mol. The molecule has 2 aromatic carbocycles. The van der Waals surface area contributed by atoms with Crippen molar-refractivity contribution in [3.8, 4) is 5.75 Å². The van der Waals surface area contributed by atoms with Crippen molar-refractivity contribution in [2.24, 2.45) is 0 Å². The second kappa shape index (κ2) is 14.7. The number of rotatable bonds is 17. The first-order valence-corrected chi connectivity index (χ1v) is 13.6. The fourth-order valence-electron chi connectivity index (χ4n) is 3.51. The fraction of sp³-hybridized carbons (Fsp3) is 0.542. The molecule has 35 heavy (non-hydrogen) atoms. The minimum atomic E-state index is -3.23. The molecule has 0 saturated carbocycles. The Kier molecular flexibility index (Phi) is 12.0. The summed E-state index contributed by atoms with van der Waals surface area (Å²) in [6.07, 6.45) is 0.529. The van der Waals surface area contributed by atoms with Gasteiger partial charge < -0.3 is 28.7 Å². The molecule has 0 radical (unpaired) electrons. The number of benzene rings is 1. The van der Waals surface area contributed by atoms with E-state index in [1.165, 1.54) is 0 Å². The van der Waals surface area contributed by atoms with E-state index in [-0.39, 0.29) is 44.0 Å². The lowest BCUT2D eigenvalue weighted by Gasteiger charge is -2.28. The van der Waals surface area contributed by atoms with Gasteiger partial charge in [-0.25, -0.2) is 4.79 Å². The third kappa shape index (κ3) is 8.80. The summed E-state index contributed by atoms with van der Waals surface area (Å²) >= 11 is 0. The van der Waals surface area contributed by atoms with E-state index in [0.29, 0.717) is 32.5 Å². The van der Waals surface area contributed by atoms with Gasteiger partial charge >= 0.3 is 13.7 Å². The van der Waals surface area contributed by atoms with Gasteiger partial charge in [0.1, 0.15) is 12.3 Å². The van der Waals surface area contributed by atoms with Crippen molar-refractivity contribution < 1.29 is 27.9 Å². The second-order valence-corrected chi connectivity index (χ2v) is 9.81. The molecular weight excluding hydrogens is 475 g/mol. The summed E-state index contributed by atoms with van der Waals surface area (Å²) in [5.74, 6) is 0.0468. The number of alkyl carbamates (subject to hydrolysis) is 1. The number of nitrogens with one attached hydrogen (secondary N) is 1. The maximum atomic E-state index is 12.7. The standard InChI is InChI=1S/C24H35N2O8P/c1-4-31-23-20(21(27)22(23)28)26(16-11-17-35(30,33-5-2)34-6-3)15-10-14-25-24(29)32-18-19-12-8-7-9-13-19/h7-9,12-13H,4-6,10-11,14-18H2,1-3H3,(H,25,29). The van der Waals surface area contributed by atoms with Crippen LogP contribution in [0, 0.1) is 0 Å². The monoisotopic (exact) mass is 510 g/mol. The van der Waals surface area contributed by atoms with E-state index in [0.717, 1.165) is 5.56 Å². The topological polar surface area (TPSA) is 120 Å². The summed E-state index contributed by atoms with van der Waals surface area (Å²) in [6.45, 7) is 7.19. The third-order valence-electron chi connectivity index (χ3n) is 5.05. The van der Waals surface area contributed by atoms with Gasteiger partial charge in [0.05, 0.1) is 26.0 Å². The summed E-state index contributed by atoms with van der Waals surface area (Å²) in [5, 5.41) is 2.68. The molecule has 2 aromatic rings. The summed E-state index contributed by atoms with van der Waals surface area (Å²) < 4.78 is 34.0. The van der Waals surface area contributed by atoms with E-state index in [2.05, 4.69) is 5.32 Å². The minimum Gasteiger partial charge on any atom is -0.488 e. The Morgan fingerprint density at radius 3 is 2.23 bits per heavy atom. The van der Waals surface area contributed by atoms with Crippen LogP contribution in [-0.2, 0) is 25.0 Å². The van der Waals surface area contributed by atoms with E-state index in [1.54, 1.807) is 25.7 Å². The van der Waals surface area contributed by atoms with Gasteiger partial charge in [0.15, 0.2) is 5.75 Å². The highest BCUT2D eigenvalue weighted by atomic mass is 31.2. The highest BCUT2D eigenvalue weighted by molar-refractivity contribution is 7.53. The molecule has 0 aliphatic heterocycles. The maximum Gasteiger partial charge on any atom is 0.407 e. The van der Waals surface area contributed by atoms with Crippen molar-refractivity contribution in [1.82, 2.24) is 5.32 Å². The number of hydrogen-bond acceptors (Lipinski definition) is 9. The highest BCUT2D eigenvalue weighted by Gasteiger charge is 2.29. The van der Waals surface area contributed by atoms with Gasteiger partial charge in [-0.15, -0.1) is 0 Å². The van der Waals surface area contributed by atoms with E-state index in [9.17, 15) is 18.9 Å². The molecular formula is C24H35N2O8P. The van der Waals surface area contributed by atoms with E-state index in [4.69, 9.17) is 18.5 Å². The van der Waals surface area contributed by atoms with Crippen molar-refractivity contribution in [3.05, 3.63) is 56.3 Å².